The fourth-order valence-corrected chi connectivity index (χ4v) is 12.2. The van der Waals surface area contributed by atoms with Crippen LogP contribution in [0.15, 0.2) is 265 Å². The van der Waals surface area contributed by atoms with Crippen LogP contribution in [-0.2, 0) is 5.41 Å². The van der Waals surface area contributed by atoms with Crippen LogP contribution in [-0.4, -0.2) is 15.0 Å². The third kappa shape index (κ3) is 6.38. The van der Waals surface area contributed by atoms with Crippen LogP contribution in [0.1, 0.15) is 22.3 Å². The van der Waals surface area contributed by atoms with Crippen molar-refractivity contribution in [2.24, 2.45) is 0 Å². The number of benzene rings is 11. The van der Waals surface area contributed by atoms with Crippen LogP contribution >= 0.6 is 0 Å². The maximum Gasteiger partial charge on any atom is 0.164 e. The summed E-state index contributed by atoms with van der Waals surface area (Å²) in [5.74, 6) is 1.76. The molecule has 2 aromatic heterocycles. The largest absolute Gasteiger partial charge is 0.456 e. The molecule has 2 heterocycles. The molecule has 1 spiro atoms. The van der Waals surface area contributed by atoms with Gasteiger partial charge in [-0.1, -0.05) is 237 Å². The zero-order chi connectivity index (χ0) is 48.7. The summed E-state index contributed by atoms with van der Waals surface area (Å²) in [6.07, 6.45) is 0. The summed E-state index contributed by atoms with van der Waals surface area (Å²) >= 11 is 0. The third-order valence-electron chi connectivity index (χ3n) is 15.4. The van der Waals surface area contributed by atoms with Gasteiger partial charge in [0.25, 0.3) is 0 Å². The predicted octanol–water partition coefficient (Wildman–Crippen LogP) is 17.8. The Morgan fingerprint density at radius 3 is 1.41 bits per heavy atom. The molecule has 0 fully saturated rings. The van der Waals surface area contributed by atoms with Crippen molar-refractivity contribution in [1.29, 1.82) is 0 Å². The Kier molecular flexibility index (Phi) is 9.45. The van der Waals surface area contributed by atoms with Crippen molar-refractivity contribution in [3.8, 4) is 101 Å². The third-order valence-corrected chi connectivity index (χ3v) is 15.4. The molecule has 0 radical (unpaired) electrons. The average Bonchev–Trinajstić information content (AvgIpc) is 4.15. The van der Waals surface area contributed by atoms with Crippen LogP contribution in [0.2, 0.25) is 0 Å². The zero-order valence-electron chi connectivity index (χ0n) is 40.1. The van der Waals surface area contributed by atoms with Gasteiger partial charge in [0.2, 0.25) is 0 Å². The van der Waals surface area contributed by atoms with Crippen LogP contribution in [0.25, 0.3) is 123 Å². The summed E-state index contributed by atoms with van der Waals surface area (Å²) in [5.41, 5.74) is 23.4. The molecule has 0 amide bonds. The van der Waals surface area contributed by atoms with E-state index in [1.807, 2.05) is 24.3 Å². The number of hydrogen-bond donors (Lipinski definition) is 0. The Labute approximate surface area is 428 Å². The summed E-state index contributed by atoms with van der Waals surface area (Å²) in [7, 11) is 0. The highest BCUT2D eigenvalue weighted by Crippen LogP contribution is 2.64. The van der Waals surface area contributed by atoms with Crippen molar-refractivity contribution in [2.45, 2.75) is 5.41 Å². The molecule has 0 bridgehead atoms. The van der Waals surface area contributed by atoms with Gasteiger partial charge in [-0.3, -0.25) is 0 Å². The number of fused-ring (bicyclic) bond motifs is 13. The van der Waals surface area contributed by atoms with Gasteiger partial charge in [-0.05, 0) is 113 Å². The summed E-state index contributed by atoms with van der Waals surface area (Å²) in [4.78, 5) is 15.9. The molecular weight excluding hydrogens is 899 g/mol. The van der Waals surface area contributed by atoms with Crippen LogP contribution in [0, 0.1) is 0 Å². The lowest BCUT2D eigenvalue weighted by Crippen LogP contribution is -2.26. The van der Waals surface area contributed by atoms with Gasteiger partial charge in [0.1, 0.15) is 11.2 Å². The number of furan rings is 1. The van der Waals surface area contributed by atoms with Gasteiger partial charge >= 0.3 is 0 Å². The smallest absolute Gasteiger partial charge is 0.164 e. The van der Waals surface area contributed by atoms with Gasteiger partial charge in [-0.25, -0.2) is 15.0 Å². The molecular formula is C70H43N3O. The molecule has 0 N–H and O–H groups in total. The highest BCUT2D eigenvalue weighted by atomic mass is 16.3. The van der Waals surface area contributed by atoms with E-state index in [-0.39, 0.29) is 0 Å². The summed E-state index contributed by atoms with van der Waals surface area (Å²) in [6.45, 7) is 0. The Hall–Kier alpha value is -9.77. The monoisotopic (exact) mass is 941 g/mol. The zero-order valence-corrected chi connectivity index (χ0v) is 40.1. The van der Waals surface area contributed by atoms with E-state index in [1.54, 1.807) is 0 Å². The van der Waals surface area contributed by atoms with Gasteiger partial charge in [0, 0.05) is 27.5 Å². The first-order valence-corrected chi connectivity index (χ1v) is 25.2. The van der Waals surface area contributed by atoms with Gasteiger partial charge < -0.3 is 4.42 Å². The van der Waals surface area contributed by atoms with Crippen molar-refractivity contribution < 1.29 is 4.42 Å². The normalized spacial score (nSPS) is 12.7. The van der Waals surface area contributed by atoms with E-state index in [4.69, 9.17) is 19.4 Å². The fourth-order valence-electron chi connectivity index (χ4n) is 12.2. The number of aromatic nitrogens is 3. The SMILES string of the molecule is c1ccc(-c2ccc(-c3nc(-c4ccccc4-c4ccccc4)nc(-c4cccc5oc6ccc(-c7cccc(-c8cccc9c8C8(c%10ccccc%10-c%10ccccc%108)c8ccccc8-9)c7)cc6c45)n3)cc2)cc1. The van der Waals surface area contributed by atoms with Crippen molar-refractivity contribution in [2.75, 3.05) is 0 Å². The van der Waals surface area contributed by atoms with Crippen molar-refractivity contribution in [3.05, 3.63) is 283 Å². The highest BCUT2D eigenvalue weighted by Gasteiger charge is 2.52. The lowest BCUT2D eigenvalue weighted by molar-refractivity contribution is 0.669. The predicted molar refractivity (Wildman–Crippen MR) is 301 cm³/mol. The first kappa shape index (κ1) is 42.0. The molecule has 74 heavy (non-hydrogen) atoms. The Morgan fingerprint density at radius 2 is 0.703 bits per heavy atom. The lowest BCUT2D eigenvalue weighted by Gasteiger charge is -2.32. The standard InChI is InChI=1S/C70H43N3O/c1-3-18-44(19-4-1)45-36-38-47(39-37-45)67-71-68(57-28-8-7-24-51(57)46-20-5-2-6-21-46)73-69(72-67)58-31-17-35-64-65(58)59-43-49(40-41-63(59)74-64)48-22-15-23-50(42-48)52-29-16-30-56-55-27-11-14-34-62(55)70(66(52)56)60-32-12-9-25-53(60)54-26-10-13-33-61(54)70/h1-43H. The van der Waals surface area contributed by atoms with Gasteiger partial charge in [0.15, 0.2) is 17.5 Å². The molecule has 4 heteroatoms. The molecule has 0 saturated heterocycles. The number of nitrogens with zero attached hydrogens (tertiary/aromatic N) is 3. The second-order valence-corrected chi connectivity index (χ2v) is 19.3. The van der Waals surface area contributed by atoms with Crippen LogP contribution in [0.3, 0.4) is 0 Å². The molecule has 0 atom stereocenters. The molecule has 2 aliphatic rings. The molecule has 0 unspecified atom stereocenters. The van der Waals surface area contributed by atoms with Crippen LogP contribution in [0.5, 0.6) is 0 Å². The maximum atomic E-state index is 6.68. The Morgan fingerprint density at radius 1 is 0.257 bits per heavy atom. The molecule has 15 rings (SSSR count). The van der Waals surface area contributed by atoms with E-state index in [1.165, 1.54) is 55.6 Å². The maximum absolute atomic E-state index is 6.68. The van der Waals surface area contributed by atoms with Crippen molar-refractivity contribution in [1.82, 2.24) is 15.0 Å². The highest BCUT2D eigenvalue weighted by molar-refractivity contribution is 6.13. The fraction of sp³-hybridized carbons (Fsp3) is 0.0143. The van der Waals surface area contributed by atoms with Crippen molar-refractivity contribution >= 4 is 21.9 Å². The molecule has 0 aliphatic heterocycles. The Balaban J connectivity index is 0.886. The quantitative estimate of drug-likeness (QED) is 0.160. The molecule has 11 aromatic carbocycles. The van der Waals surface area contributed by atoms with Gasteiger partial charge in [0.05, 0.1) is 5.41 Å². The minimum Gasteiger partial charge on any atom is -0.456 e. The minimum absolute atomic E-state index is 0.458. The van der Waals surface area contributed by atoms with Crippen LogP contribution < -0.4 is 0 Å². The molecule has 4 nitrogen and oxygen atoms in total. The average molecular weight is 942 g/mol. The van der Waals surface area contributed by atoms with Crippen LogP contribution in [0.4, 0.5) is 0 Å². The first-order valence-electron chi connectivity index (χ1n) is 25.2. The molecule has 13 aromatic rings. The summed E-state index contributed by atoms with van der Waals surface area (Å²) in [6, 6.07) is 93.4. The van der Waals surface area contributed by atoms with Gasteiger partial charge in [-0.2, -0.15) is 0 Å². The summed E-state index contributed by atoms with van der Waals surface area (Å²) in [5, 5.41) is 1.95. The van der Waals surface area contributed by atoms with E-state index in [9.17, 15) is 0 Å². The Bertz CT molecular complexity index is 4300. The first-order chi connectivity index (χ1) is 36.7. The van der Waals surface area contributed by atoms with E-state index in [0.717, 1.165) is 72.0 Å². The van der Waals surface area contributed by atoms with E-state index >= 15 is 0 Å². The second kappa shape index (κ2) is 16.7. The lowest BCUT2D eigenvalue weighted by atomic mass is 9.68. The van der Waals surface area contributed by atoms with E-state index in [0.29, 0.717) is 17.5 Å². The topological polar surface area (TPSA) is 51.8 Å². The molecule has 0 saturated carbocycles. The van der Waals surface area contributed by atoms with Gasteiger partial charge in [-0.15, -0.1) is 0 Å². The van der Waals surface area contributed by atoms with Crippen molar-refractivity contribution in [3.63, 3.8) is 0 Å². The summed E-state index contributed by atoms with van der Waals surface area (Å²) < 4.78 is 6.68. The molecule has 2 aliphatic carbocycles. The van der Waals surface area contributed by atoms with E-state index < -0.39 is 5.41 Å². The van der Waals surface area contributed by atoms with E-state index in [2.05, 4.69) is 237 Å². The minimum atomic E-state index is -0.458. The molecule has 344 valence electrons. The second-order valence-electron chi connectivity index (χ2n) is 19.3. The number of rotatable bonds is 7. The number of hydrogen-bond acceptors (Lipinski definition) is 4.